The van der Waals surface area contributed by atoms with E-state index < -0.39 is 10.0 Å². The Labute approximate surface area is 98.2 Å². The molecule has 1 aromatic heterocycles. The van der Waals surface area contributed by atoms with Crippen LogP contribution in [-0.4, -0.2) is 30.8 Å². The van der Waals surface area contributed by atoms with Crippen LogP contribution in [0.1, 0.15) is 25.0 Å². The van der Waals surface area contributed by atoms with Crippen LogP contribution in [0.4, 0.5) is 0 Å². The van der Waals surface area contributed by atoms with Gasteiger partial charge in [0.1, 0.15) is 0 Å². The van der Waals surface area contributed by atoms with Crippen molar-refractivity contribution in [1.29, 1.82) is 0 Å². The SMILES string of the molecule is Cc1[nH]c(=O)sc1S(=O)(=O)N1CCCCC1. The van der Waals surface area contributed by atoms with Crippen molar-refractivity contribution in [1.82, 2.24) is 9.29 Å². The average Bonchev–Trinajstić information content (AvgIpc) is 2.60. The molecule has 7 heteroatoms. The number of hydrogen-bond acceptors (Lipinski definition) is 4. The molecule has 90 valence electrons. The van der Waals surface area contributed by atoms with Crippen LogP contribution in [-0.2, 0) is 10.0 Å². The van der Waals surface area contributed by atoms with E-state index in [4.69, 9.17) is 0 Å². The minimum absolute atomic E-state index is 0.166. The number of nitrogens with one attached hydrogen (secondary N) is 1. The zero-order valence-corrected chi connectivity index (χ0v) is 10.7. The van der Waals surface area contributed by atoms with Gasteiger partial charge in [0.2, 0.25) is 0 Å². The van der Waals surface area contributed by atoms with E-state index in [0.29, 0.717) is 18.8 Å². The summed E-state index contributed by atoms with van der Waals surface area (Å²) in [7, 11) is -3.45. The number of aryl methyl sites for hydroxylation is 1. The topological polar surface area (TPSA) is 70.2 Å². The molecule has 0 saturated carbocycles. The van der Waals surface area contributed by atoms with E-state index in [1.54, 1.807) is 6.92 Å². The molecule has 0 aliphatic carbocycles. The first-order valence-corrected chi connectivity index (χ1v) is 7.47. The predicted molar refractivity (Wildman–Crippen MR) is 62.3 cm³/mol. The van der Waals surface area contributed by atoms with Crippen LogP contribution in [0.3, 0.4) is 0 Å². The van der Waals surface area contributed by atoms with Crippen molar-refractivity contribution in [3.8, 4) is 0 Å². The van der Waals surface area contributed by atoms with E-state index in [0.717, 1.165) is 30.6 Å². The first-order chi connectivity index (χ1) is 7.51. The van der Waals surface area contributed by atoms with Crippen LogP contribution in [0, 0.1) is 6.92 Å². The third-order valence-corrected chi connectivity index (χ3v) is 6.15. The fourth-order valence-electron chi connectivity index (χ4n) is 1.86. The molecule has 16 heavy (non-hydrogen) atoms. The molecule has 1 saturated heterocycles. The summed E-state index contributed by atoms with van der Waals surface area (Å²) in [4.78, 5) is 13.3. The largest absolute Gasteiger partial charge is 0.315 e. The summed E-state index contributed by atoms with van der Waals surface area (Å²) in [6.45, 7) is 2.75. The Morgan fingerprint density at radius 2 is 1.88 bits per heavy atom. The molecule has 0 atom stereocenters. The maximum Gasteiger partial charge on any atom is 0.305 e. The number of nitrogens with zero attached hydrogens (tertiary/aromatic N) is 1. The van der Waals surface area contributed by atoms with Crippen LogP contribution in [0.5, 0.6) is 0 Å². The molecule has 0 unspecified atom stereocenters. The lowest BCUT2D eigenvalue weighted by atomic mass is 10.2. The Bertz CT molecular complexity index is 523. The summed E-state index contributed by atoms with van der Waals surface area (Å²) in [6.07, 6.45) is 2.88. The summed E-state index contributed by atoms with van der Waals surface area (Å²) in [5.74, 6) is 0. The molecule has 0 radical (unpaired) electrons. The van der Waals surface area contributed by atoms with Gasteiger partial charge in [0.25, 0.3) is 10.0 Å². The third-order valence-electron chi connectivity index (χ3n) is 2.67. The Morgan fingerprint density at radius 3 is 2.38 bits per heavy atom. The van der Waals surface area contributed by atoms with Crippen LogP contribution in [0.15, 0.2) is 9.00 Å². The molecule has 5 nitrogen and oxygen atoms in total. The number of rotatable bonds is 2. The van der Waals surface area contributed by atoms with Crippen molar-refractivity contribution in [3.63, 3.8) is 0 Å². The predicted octanol–water partition coefficient (Wildman–Crippen LogP) is 0.919. The van der Waals surface area contributed by atoms with E-state index in [1.807, 2.05) is 0 Å². The van der Waals surface area contributed by atoms with E-state index in [-0.39, 0.29) is 9.08 Å². The fraction of sp³-hybridized carbons (Fsp3) is 0.667. The van der Waals surface area contributed by atoms with E-state index in [2.05, 4.69) is 4.98 Å². The second-order valence-corrected chi connectivity index (χ2v) is 7.01. The molecule has 1 aromatic rings. The zero-order chi connectivity index (χ0) is 11.8. The Hall–Kier alpha value is -0.660. The van der Waals surface area contributed by atoms with E-state index in [1.165, 1.54) is 4.31 Å². The monoisotopic (exact) mass is 262 g/mol. The van der Waals surface area contributed by atoms with Crippen molar-refractivity contribution in [2.45, 2.75) is 30.4 Å². The first-order valence-electron chi connectivity index (χ1n) is 5.21. The van der Waals surface area contributed by atoms with Gasteiger partial charge in [-0.2, -0.15) is 4.31 Å². The standard InChI is InChI=1S/C9H14N2O3S2/c1-7-8(15-9(12)10-7)16(13,14)11-5-3-2-4-6-11/h2-6H2,1H3,(H,10,12). The number of sulfonamides is 1. The number of hydrogen-bond donors (Lipinski definition) is 1. The lowest BCUT2D eigenvalue weighted by Crippen LogP contribution is -2.35. The normalized spacial score (nSPS) is 18.8. The second-order valence-electron chi connectivity index (χ2n) is 3.89. The van der Waals surface area contributed by atoms with Gasteiger partial charge in [-0.15, -0.1) is 0 Å². The molecule has 1 N–H and O–H groups in total. The van der Waals surface area contributed by atoms with Gasteiger partial charge in [-0.3, -0.25) is 4.79 Å². The van der Waals surface area contributed by atoms with Crippen LogP contribution in [0.2, 0.25) is 0 Å². The number of aromatic amines is 1. The van der Waals surface area contributed by atoms with Gasteiger partial charge in [-0.05, 0) is 19.8 Å². The summed E-state index contributed by atoms with van der Waals surface area (Å²) in [6, 6.07) is 0. The number of thiazole rings is 1. The quantitative estimate of drug-likeness (QED) is 0.861. The van der Waals surface area contributed by atoms with Crippen molar-refractivity contribution in [2.24, 2.45) is 0 Å². The molecule has 1 aliphatic heterocycles. The maximum atomic E-state index is 12.2. The van der Waals surface area contributed by atoms with Crippen LogP contribution < -0.4 is 4.87 Å². The molecule has 0 amide bonds. The number of H-pyrrole nitrogens is 1. The minimum Gasteiger partial charge on any atom is -0.315 e. The summed E-state index contributed by atoms with van der Waals surface area (Å²) >= 11 is 0.774. The summed E-state index contributed by atoms with van der Waals surface area (Å²) < 4.78 is 26.0. The molecule has 2 heterocycles. The molecule has 0 aromatic carbocycles. The number of aromatic nitrogens is 1. The highest BCUT2D eigenvalue weighted by molar-refractivity contribution is 7.91. The average molecular weight is 262 g/mol. The lowest BCUT2D eigenvalue weighted by molar-refractivity contribution is 0.347. The van der Waals surface area contributed by atoms with Gasteiger partial charge in [0.05, 0.1) is 0 Å². The van der Waals surface area contributed by atoms with Gasteiger partial charge in [0, 0.05) is 18.8 Å². The van der Waals surface area contributed by atoms with E-state index >= 15 is 0 Å². The number of piperidine rings is 1. The lowest BCUT2D eigenvalue weighted by Gasteiger charge is -2.25. The Morgan fingerprint density at radius 1 is 1.25 bits per heavy atom. The van der Waals surface area contributed by atoms with Crippen molar-refractivity contribution >= 4 is 21.4 Å². The second kappa shape index (κ2) is 4.31. The highest BCUT2D eigenvalue weighted by Crippen LogP contribution is 2.23. The summed E-state index contributed by atoms with van der Waals surface area (Å²) in [5.41, 5.74) is 0.445. The highest BCUT2D eigenvalue weighted by Gasteiger charge is 2.29. The van der Waals surface area contributed by atoms with Gasteiger partial charge < -0.3 is 4.98 Å². The van der Waals surface area contributed by atoms with Crippen molar-refractivity contribution in [3.05, 3.63) is 15.4 Å². The van der Waals surface area contributed by atoms with Crippen LogP contribution in [0.25, 0.3) is 0 Å². The van der Waals surface area contributed by atoms with Gasteiger partial charge in [-0.25, -0.2) is 8.42 Å². The molecule has 1 fully saturated rings. The fourth-order valence-corrected chi connectivity index (χ4v) is 4.81. The third kappa shape index (κ3) is 2.07. The minimum atomic E-state index is -3.45. The molecule has 0 bridgehead atoms. The molecular weight excluding hydrogens is 248 g/mol. The smallest absolute Gasteiger partial charge is 0.305 e. The Balaban J connectivity index is 2.38. The van der Waals surface area contributed by atoms with Gasteiger partial charge in [-0.1, -0.05) is 17.8 Å². The first kappa shape index (κ1) is 11.8. The molecular formula is C9H14N2O3S2. The van der Waals surface area contributed by atoms with Gasteiger partial charge >= 0.3 is 4.87 Å². The summed E-state index contributed by atoms with van der Waals surface area (Å²) in [5, 5.41) is 0. The molecule has 0 spiro atoms. The van der Waals surface area contributed by atoms with Crippen LogP contribution >= 0.6 is 11.3 Å². The van der Waals surface area contributed by atoms with Gasteiger partial charge in [0.15, 0.2) is 4.21 Å². The Kier molecular flexibility index (Phi) is 3.18. The molecule has 1 aliphatic rings. The van der Waals surface area contributed by atoms with E-state index in [9.17, 15) is 13.2 Å². The molecule has 2 rings (SSSR count). The highest BCUT2D eigenvalue weighted by atomic mass is 32.2. The zero-order valence-electron chi connectivity index (χ0n) is 9.02. The van der Waals surface area contributed by atoms with Crippen molar-refractivity contribution in [2.75, 3.05) is 13.1 Å². The van der Waals surface area contributed by atoms with Crippen molar-refractivity contribution < 1.29 is 8.42 Å². The maximum absolute atomic E-state index is 12.2.